The predicted octanol–water partition coefficient (Wildman–Crippen LogP) is 0.400. The van der Waals surface area contributed by atoms with E-state index in [1.54, 1.807) is 6.07 Å². The lowest BCUT2D eigenvalue weighted by molar-refractivity contribution is 0.268. The van der Waals surface area contributed by atoms with Gasteiger partial charge in [-0.2, -0.15) is 0 Å². The van der Waals surface area contributed by atoms with Gasteiger partial charge in [-0.3, -0.25) is 0 Å². The lowest BCUT2D eigenvalue weighted by atomic mass is 10.1. The Morgan fingerprint density at radius 3 is 2.67 bits per heavy atom. The van der Waals surface area contributed by atoms with Crippen LogP contribution in [-0.4, -0.2) is 11.7 Å². The van der Waals surface area contributed by atoms with Crippen LogP contribution < -0.4 is 11.5 Å². The third kappa shape index (κ3) is 1.72. The van der Waals surface area contributed by atoms with Crippen molar-refractivity contribution >= 4 is 5.69 Å². The van der Waals surface area contributed by atoms with Crippen LogP contribution in [0.1, 0.15) is 11.6 Å². The molecule has 1 aromatic carbocycles. The van der Waals surface area contributed by atoms with E-state index in [2.05, 4.69) is 0 Å². The molecule has 4 heteroatoms. The van der Waals surface area contributed by atoms with Gasteiger partial charge in [0.1, 0.15) is 5.82 Å². The standard InChI is InChI=1S/C8H11FN2O/c9-6-3-5(8(11)4-12)1-2-7(6)10/h1-3,8,12H,4,10-11H2. The fraction of sp³-hybridized carbons (Fsp3) is 0.250. The average Bonchev–Trinajstić information content (AvgIpc) is 2.08. The Balaban J connectivity index is 2.96. The molecule has 0 fully saturated rings. The Labute approximate surface area is 69.8 Å². The zero-order chi connectivity index (χ0) is 9.14. The van der Waals surface area contributed by atoms with Crippen molar-refractivity contribution in [1.29, 1.82) is 0 Å². The fourth-order valence-corrected chi connectivity index (χ4v) is 0.879. The minimum Gasteiger partial charge on any atom is -0.396 e. The topological polar surface area (TPSA) is 72.3 Å². The van der Waals surface area contributed by atoms with Crippen LogP contribution in [0.3, 0.4) is 0 Å². The molecule has 0 radical (unpaired) electrons. The fourth-order valence-electron chi connectivity index (χ4n) is 0.879. The van der Waals surface area contributed by atoms with E-state index in [4.69, 9.17) is 16.6 Å². The van der Waals surface area contributed by atoms with Gasteiger partial charge in [0.25, 0.3) is 0 Å². The molecule has 12 heavy (non-hydrogen) atoms. The monoisotopic (exact) mass is 170 g/mol. The second kappa shape index (κ2) is 3.51. The van der Waals surface area contributed by atoms with Crippen molar-refractivity contribution < 1.29 is 9.50 Å². The molecule has 1 aromatic rings. The van der Waals surface area contributed by atoms with Gasteiger partial charge in [0.2, 0.25) is 0 Å². The van der Waals surface area contributed by atoms with Crippen molar-refractivity contribution in [2.24, 2.45) is 5.73 Å². The van der Waals surface area contributed by atoms with Crippen LogP contribution in [0.25, 0.3) is 0 Å². The molecule has 1 unspecified atom stereocenters. The van der Waals surface area contributed by atoms with Crippen LogP contribution in [0.4, 0.5) is 10.1 Å². The van der Waals surface area contributed by atoms with Gasteiger partial charge in [-0.05, 0) is 17.7 Å². The SMILES string of the molecule is Nc1ccc(C(N)CO)cc1F. The summed E-state index contributed by atoms with van der Waals surface area (Å²) in [6, 6.07) is 3.72. The van der Waals surface area contributed by atoms with Gasteiger partial charge in [0, 0.05) is 0 Å². The second-order valence-electron chi connectivity index (χ2n) is 2.57. The predicted molar refractivity (Wildman–Crippen MR) is 44.8 cm³/mol. The van der Waals surface area contributed by atoms with Crippen molar-refractivity contribution in [3.63, 3.8) is 0 Å². The van der Waals surface area contributed by atoms with E-state index in [-0.39, 0.29) is 12.3 Å². The molecule has 0 aliphatic carbocycles. The van der Waals surface area contributed by atoms with E-state index < -0.39 is 11.9 Å². The first kappa shape index (κ1) is 8.96. The normalized spacial score (nSPS) is 12.9. The summed E-state index contributed by atoms with van der Waals surface area (Å²) in [4.78, 5) is 0. The lowest BCUT2D eigenvalue weighted by Gasteiger charge is -2.08. The number of hydrogen-bond acceptors (Lipinski definition) is 3. The van der Waals surface area contributed by atoms with Crippen molar-refractivity contribution in [3.05, 3.63) is 29.6 Å². The summed E-state index contributed by atoms with van der Waals surface area (Å²) in [5.74, 6) is -0.503. The Hall–Kier alpha value is -1.13. The molecule has 0 aliphatic heterocycles. The van der Waals surface area contributed by atoms with Crippen molar-refractivity contribution in [2.75, 3.05) is 12.3 Å². The van der Waals surface area contributed by atoms with Crippen LogP contribution in [0.15, 0.2) is 18.2 Å². The quantitative estimate of drug-likeness (QED) is 0.562. The molecule has 0 amide bonds. The van der Waals surface area contributed by atoms with Gasteiger partial charge in [0.05, 0.1) is 18.3 Å². The lowest BCUT2D eigenvalue weighted by Crippen LogP contribution is -2.14. The van der Waals surface area contributed by atoms with Gasteiger partial charge in [-0.15, -0.1) is 0 Å². The van der Waals surface area contributed by atoms with E-state index in [9.17, 15) is 4.39 Å². The summed E-state index contributed by atoms with van der Waals surface area (Å²) in [5.41, 5.74) is 11.3. The molecule has 3 nitrogen and oxygen atoms in total. The summed E-state index contributed by atoms with van der Waals surface area (Å²) in [7, 11) is 0. The first-order valence-electron chi connectivity index (χ1n) is 3.56. The van der Waals surface area contributed by atoms with Gasteiger partial charge in [-0.1, -0.05) is 6.07 Å². The number of anilines is 1. The summed E-state index contributed by atoms with van der Waals surface area (Å²) < 4.78 is 12.8. The summed E-state index contributed by atoms with van der Waals surface area (Å²) in [6.07, 6.45) is 0. The number of aliphatic hydroxyl groups is 1. The van der Waals surface area contributed by atoms with E-state index in [1.165, 1.54) is 12.1 Å². The number of rotatable bonds is 2. The Kier molecular flexibility index (Phi) is 2.62. The van der Waals surface area contributed by atoms with E-state index in [0.29, 0.717) is 5.56 Å². The number of nitrogens with two attached hydrogens (primary N) is 2. The molecule has 0 aliphatic rings. The smallest absolute Gasteiger partial charge is 0.146 e. The molecule has 0 saturated heterocycles. The zero-order valence-electron chi connectivity index (χ0n) is 6.50. The van der Waals surface area contributed by atoms with E-state index >= 15 is 0 Å². The molecular weight excluding hydrogens is 159 g/mol. The summed E-state index contributed by atoms with van der Waals surface area (Å²) in [6.45, 7) is -0.205. The highest BCUT2D eigenvalue weighted by atomic mass is 19.1. The summed E-state index contributed by atoms with van der Waals surface area (Å²) in [5, 5.41) is 8.67. The minimum absolute atomic E-state index is 0.0869. The van der Waals surface area contributed by atoms with Crippen LogP contribution in [0, 0.1) is 5.82 Å². The third-order valence-corrected chi connectivity index (χ3v) is 1.65. The highest BCUT2D eigenvalue weighted by Gasteiger charge is 2.06. The second-order valence-corrected chi connectivity index (χ2v) is 2.57. The minimum atomic E-state index is -0.542. The Morgan fingerprint density at radius 2 is 2.17 bits per heavy atom. The van der Waals surface area contributed by atoms with E-state index in [1.807, 2.05) is 0 Å². The molecule has 1 atom stereocenters. The maximum absolute atomic E-state index is 12.8. The Morgan fingerprint density at radius 1 is 1.50 bits per heavy atom. The number of benzene rings is 1. The molecule has 0 heterocycles. The Bertz CT molecular complexity index is 278. The van der Waals surface area contributed by atoms with Gasteiger partial charge >= 0.3 is 0 Å². The number of hydrogen-bond donors (Lipinski definition) is 3. The first-order valence-corrected chi connectivity index (χ1v) is 3.56. The van der Waals surface area contributed by atoms with E-state index in [0.717, 1.165) is 0 Å². The number of aliphatic hydroxyl groups excluding tert-OH is 1. The third-order valence-electron chi connectivity index (χ3n) is 1.65. The van der Waals surface area contributed by atoms with Crippen molar-refractivity contribution in [2.45, 2.75) is 6.04 Å². The molecule has 0 aromatic heterocycles. The van der Waals surface area contributed by atoms with Crippen molar-refractivity contribution in [1.82, 2.24) is 0 Å². The van der Waals surface area contributed by atoms with Crippen molar-refractivity contribution in [3.8, 4) is 0 Å². The average molecular weight is 170 g/mol. The van der Waals surface area contributed by atoms with Crippen LogP contribution in [0.2, 0.25) is 0 Å². The van der Waals surface area contributed by atoms with Crippen LogP contribution in [0.5, 0.6) is 0 Å². The van der Waals surface area contributed by atoms with Gasteiger partial charge < -0.3 is 16.6 Å². The maximum atomic E-state index is 12.8. The van der Waals surface area contributed by atoms with Crippen LogP contribution >= 0.6 is 0 Å². The number of halogens is 1. The largest absolute Gasteiger partial charge is 0.396 e. The van der Waals surface area contributed by atoms with Crippen LogP contribution in [-0.2, 0) is 0 Å². The molecule has 66 valence electrons. The first-order chi connectivity index (χ1) is 5.65. The zero-order valence-corrected chi connectivity index (χ0v) is 6.50. The highest BCUT2D eigenvalue weighted by Crippen LogP contribution is 2.16. The molecule has 0 spiro atoms. The highest BCUT2D eigenvalue weighted by molar-refractivity contribution is 5.41. The molecular formula is C8H11FN2O. The van der Waals surface area contributed by atoms with Gasteiger partial charge in [0.15, 0.2) is 0 Å². The molecule has 5 N–H and O–H groups in total. The molecule has 0 bridgehead atoms. The molecule has 0 saturated carbocycles. The maximum Gasteiger partial charge on any atom is 0.146 e. The number of nitrogen functional groups attached to an aromatic ring is 1. The molecule has 1 rings (SSSR count). The van der Waals surface area contributed by atoms with Gasteiger partial charge in [-0.25, -0.2) is 4.39 Å². The summed E-state index contributed by atoms with van der Waals surface area (Å²) >= 11 is 0.